The molecule has 4 heteroatoms. The summed E-state index contributed by atoms with van der Waals surface area (Å²) in [6.07, 6.45) is 0.920. The zero-order valence-electron chi connectivity index (χ0n) is 6.51. The number of hydrogen-bond acceptors (Lipinski definition) is 3. The molecular weight excluding hydrogens is 127 g/mol. The van der Waals surface area contributed by atoms with Crippen molar-refractivity contribution in [2.24, 2.45) is 0 Å². The molecule has 0 radical (unpaired) electrons. The second kappa shape index (κ2) is 6.72. The molecule has 0 aliphatic heterocycles. The van der Waals surface area contributed by atoms with Gasteiger partial charge in [0.1, 0.15) is 0 Å². The Morgan fingerprint density at radius 1 is 1.50 bits per heavy atom. The van der Waals surface area contributed by atoms with E-state index in [9.17, 15) is 9.59 Å². The second-order valence-corrected chi connectivity index (χ2v) is 1.51. The molecule has 3 nitrogen and oxygen atoms in total. The van der Waals surface area contributed by atoms with E-state index in [0.29, 0.717) is 6.61 Å². The van der Waals surface area contributed by atoms with Crippen molar-refractivity contribution in [2.45, 2.75) is 13.8 Å². The molecule has 0 saturated heterocycles. The molecule has 0 aliphatic rings. The quantitative estimate of drug-likeness (QED) is 0.184. The van der Waals surface area contributed by atoms with E-state index < -0.39 is 5.97 Å². The maximum absolute atomic E-state index is 10.4. The molecule has 0 bridgehead atoms. The fourth-order valence-electron chi connectivity index (χ4n) is 0.350. The molecule has 0 aromatic carbocycles. The largest absolute Gasteiger partial charge is 1.00 e. The van der Waals surface area contributed by atoms with Gasteiger partial charge in [-0.05, 0) is 13.8 Å². The van der Waals surface area contributed by atoms with Gasteiger partial charge in [-0.15, -0.1) is 0 Å². The summed E-state index contributed by atoms with van der Waals surface area (Å²) in [6, 6.07) is 0. The molecule has 0 N–H and O–H groups in total. The molecule has 0 atom stereocenters. The third-order valence-corrected chi connectivity index (χ3v) is 0.608. The van der Waals surface area contributed by atoms with Gasteiger partial charge in [-0.25, -0.2) is 6.42 Å². The number of carbonyl (C=O) groups excluding carboxylic acids is 2. The van der Waals surface area contributed by atoms with Crippen molar-refractivity contribution < 1.29 is 33.2 Å². The van der Waals surface area contributed by atoms with Gasteiger partial charge < -0.3 is 9.53 Å². The van der Waals surface area contributed by atoms with Crippen molar-refractivity contribution in [3.8, 4) is 0 Å². The van der Waals surface area contributed by atoms with Crippen LogP contribution in [0.1, 0.15) is 13.8 Å². The number of carbonyl (C=O) groups is 2. The first kappa shape index (κ1) is 12.3. The van der Waals surface area contributed by atoms with E-state index in [-0.39, 0.29) is 24.6 Å². The third-order valence-electron chi connectivity index (χ3n) is 0.608. The van der Waals surface area contributed by atoms with Crippen LogP contribution in [-0.4, -0.2) is 18.4 Å². The second-order valence-electron chi connectivity index (χ2n) is 1.51. The predicted octanol–water partition coefficient (Wildman–Crippen LogP) is -2.65. The Kier molecular flexibility index (Phi) is 8.27. The van der Waals surface area contributed by atoms with Crippen LogP contribution in [0.4, 0.5) is 0 Å². The number of ether oxygens (including phenoxy) is 1. The normalized spacial score (nSPS) is 7.40. The SMILES string of the molecule is CCOC(=O)[CH-]C(C)=O.[Li+]. The van der Waals surface area contributed by atoms with Crippen molar-refractivity contribution in [3.63, 3.8) is 0 Å². The van der Waals surface area contributed by atoms with Crippen LogP contribution in [0, 0.1) is 6.42 Å². The fourth-order valence-corrected chi connectivity index (χ4v) is 0.350. The van der Waals surface area contributed by atoms with Crippen LogP contribution in [0.3, 0.4) is 0 Å². The van der Waals surface area contributed by atoms with Crippen LogP contribution in [0.2, 0.25) is 0 Å². The van der Waals surface area contributed by atoms with Gasteiger partial charge >= 0.3 is 18.9 Å². The number of Topliss-reactive ketones (excluding diaryl/α,β-unsaturated/α-hetero) is 1. The van der Waals surface area contributed by atoms with Gasteiger partial charge in [-0.2, -0.15) is 0 Å². The van der Waals surface area contributed by atoms with Gasteiger partial charge in [-0.1, -0.05) is 0 Å². The van der Waals surface area contributed by atoms with E-state index in [2.05, 4.69) is 4.74 Å². The number of ketones is 1. The van der Waals surface area contributed by atoms with Crippen LogP contribution < -0.4 is 18.9 Å². The Balaban J connectivity index is 0. The molecule has 0 fully saturated rings. The standard InChI is InChI=1S/C6H9O3.Li/c1-3-9-6(8)4-5(2)7;/h4H,3H2,1-2H3;/q-1;+1. The summed E-state index contributed by atoms with van der Waals surface area (Å²) < 4.78 is 4.44. The molecule has 0 aromatic rings. The summed E-state index contributed by atoms with van der Waals surface area (Å²) in [5.41, 5.74) is 0. The average molecular weight is 136 g/mol. The van der Waals surface area contributed by atoms with Gasteiger partial charge in [0.2, 0.25) is 0 Å². The van der Waals surface area contributed by atoms with Gasteiger partial charge in [-0.3, -0.25) is 4.79 Å². The van der Waals surface area contributed by atoms with Gasteiger partial charge in [0.25, 0.3) is 0 Å². The maximum atomic E-state index is 10.4. The molecule has 0 saturated carbocycles. The summed E-state index contributed by atoms with van der Waals surface area (Å²) in [5.74, 6) is -0.849. The van der Waals surface area contributed by atoms with Crippen LogP contribution in [0.15, 0.2) is 0 Å². The summed E-state index contributed by atoms with van der Waals surface area (Å²) in [7, 11) is 0. The minimum absolute atomic E-state index is 0. The molecule has 52 valence electrons. The molecule has 0 spiro atoms. The Labute approximate surface area is 72.3 Å². The Morgan fingerprint density at radius 2 is 2.00 bits per heavy atom. The average Bonchev–Trinajstić information content (AvgIpc) is 1.63. The van der Waals surface area contributed by atoms with Gasteiger partial charge in [0.05, 0.1) is 6.61 Å². The van der Waals surface area contributed by atoms with Crippen molar-refractivity contribution in [1.29, 1.82) is 0 Å². The van der Waals surface area contributed by atoms with E-state index >= 15 is 0 Å². The molecule has 0 heterocycles. The number of hydrogen-bond donors (Lipinski definition) is 0. The first-order valence-corrected chi connectivity index (χ1v) is 2.69. The van der Waals surface area contributed by atoms with Crippen molar-refractivity contribution in [2.75, 3.05) is 6.61 Å². The molecule has 10 heavy (non-hydrogen) atoms. The van der Waals surface area contributed by atoms with E-state index in [0.717, 1.165) is 6.42 Å². The van der Waals surface area contributed by atoms with Crippen molar-refractivity contribution >= 4 is 11.8 Å². The summed E-state index contributed by atoms with van der Waals surface area (Å²) >= 11 is 0. The smallest absolute Gasteiger partial charge is 0.488 e. The monoisotopic (exact) mass is 136 g/mol. The van der Waals surface area contributed by atoms with Crippen LogP contribution >= 0.6 is 0 Å². The van der Waals surface area contributed by atoms with E-state index in [4.69, 9.17) is 0 Å². The minimum Gasteiger partial charge on any atom is -0.488 e. The molecule has 0 aliphatic carbocycles. The van der Waals surface area contributed by atoms with E-state index in [1.807, 2.05) is 0 Å². The zero-order valence-corrected chi connectivity index (χ0v) is 6.51. The van der Waals surface area contributed by atoms with E-state index in [1.165, 1.54) is 6.92 Å². The number of esters is 1. The molecule has 0 aromatic heterocycles. The predicted molar refractivity (Wildman–Crippen MR) is 31.6 cm³/mol. The molecule has 0 unspecified atom stereocenters. The topological polar surface area (TPSA) is 43.4 Å². The molecule has 0 amide bonds. The number of rotatable bonds is 3. The van der Waals surface area contributed by atoms with Crippen LogP contribution in [0.5, 0.6) is 0 Å². The van der Waals surface area contributed by atoms with E-state index in [1.54, 1.807) is 6.92 Å². The van der Waals surface area contributed by atoms with Crippen LogP contribution in [0.25, 0.3) is 0 Å². The Bertz CT molecular complexity index is 122. The molecular formula is C6H9LiO3. The maximum Gasteiger partial charge on any atom is 1.00 e. The minimum atomic E-state index is -0.565. The van der Waals surface area contributed by atoms with Gasteiger partial charge in [0, 0.05) is 5.78 Å². The van der Waals surface area contributed by atoms with Gasteiger partial charge in [0.15, 0.2) is 5.97 Å². The van der Waals surface area contributed by atoms with Crippen LogP contribution in [-0.2, 0) is 14.3 Å². The fraction of sp³-hybridized carbons (Fsp3) is 0.500. The Hall–Kier alpha value is -0.393. The zero-order chi connectivity index (χ0) is 7.28. The summed E-state index contributed by atoms with van der Waals surface area (Å²) in [5, 5.41) is 0. The first-order valence-electron chi connectivity index (χ1n) is 2.69. The summed E-state index contributed by atoms with van der Waals surface area (Å²) in [6.45, 7) is 3.30. The Morgan fingerprint density at radius 3 is 2.30 bits per heavy atom. The first-order chi connectivity index (χ1) is 4.16. The van der Waals surface area contributed by atoms with Crippen molar-refractivity contribution in [3.05, 3.63) is 6.42 Å². The molecule has 0 rings (SSSR count). The van der Waals surface area contributed by atoms with Crippen molar-refractivity contribution in [1.82, 2.24) is 0 Å². The summed E-state index contributed by atoms with van der Waals surface area (Å²) in [4.78, 5) is 20.5. The third kappa shape index (κ3) is 7.61.